The van der Waals surface area contributed by atoms with Crippen LogP contribution >= 0.6 is 13.5 Å². The van der Waals surface area contributed by atoms with Gasteiger partial charge in [-0.3, -0.25) is 14.9 Å². The molecule has 4 heterocycles. The lowest BCUT2D eigenvalue weighted by Crippen LogP contribution is -2.39. The van der Waals surface area contributed by atoms with Crippen molar-refractivity contribution in [1.82, 2.24) is 14.9 Å². The zero-order chi connectivity index (χ0) is 19.5. The van der Waals surface area contributed by atoms with E-state index in [0.717, 1.165) is 67.7 Å². The third-order valence-corrected chi connectivity index (χ3v) is 5.89. The summed E-state index contributed by atoms with van der Waals surface area (Å²) in [6.45, 7) is 10.1. The van der Waals surface area contributed by atoms with Gasteiger partial charge in [0.15, 0.2) is 0 Å². The molecular weight excluding hydrogens is 382 g/mol. The van der Waals surface area contributed by atoms with Crippen molar-refractivity contribution in [2.24, 2.45) is 5.92 Å². The fourth-order valence-corrected chi connectivity index (χ4v) is 4.34. The Morgan fingerprint density at radius 1 is 1.21 bits per heavy atom. The summed E-state index contributed by atoms with van der Waals surface area (Å²) in [6.07, 6.45) is 6.57. The molecule has 0 saturated carbocycles. The molecule has 1 saturated heterocycles. The Balaban J connectivity index is 0.00000240. The van der Waals surface area contributed by atoms with Crippen LogP contribution in [0.5, 0.6) is 11.5 Å². The van der Waals surface area contributed by atoms with Crippen LogP contribution in [0.1, 0.15) is 54.9 Å². The van der Waals surface area contributed by atoms with Crippen molar-refractivity contribution in [3.63, 3.8) is 0 Å². The van der Waals surface area contributed by atoms with Crippen LogP contribution in [-0.2, 0) is 6.42 Å². The topological polar surface area (TPSA) is 47.5 Å². The third-order valence-electron chi connectivity index (χ3n) is 5.89. The molecular formula is C23H33N3O2S. The van der Waals surface area contributed by atoms with Crippen molar-refractivity contribution in [1.29, 1.82) is 0 Å². The normalized spacial score (nSPS) is 20.2. The summed E-state index contributed by atoms with van der Waals surface area (Å²) in [4.78, 5) is 11.7. The first-order chi connectivity index (χ1) is 13.6. The Morgan fingerprint density at radius 2 is 2.00 bits per heavy atom. The van der Waals surface area contributed by atoms with E-state index >= 15 is 0 Å². The molecule has 2 aliphatic heterocycles. The lowest BCUT2D eigenvalue weighted by molar-refractivity contribution is 0.100. The lowest BCUT2D eigenvalue weighted by Gasteiger charge is -2.37. The number of pyridine rings is 2. The van der Waals surface area contributed by atoms with Crippen molar-refractivity contribution in [2.75, 3.05) is 26.3 Å². The number of rotatable bonds is 5. The number of aryl methyl sites for hydroxylation is 3. The molecule has 0 aromatic carbocycles. The second kappa shape index (κ2) is 9.81. The van der Waals surface area contributed by atoms with Crippen LogP contribution in [0.2, 0.25) is 0 Å². The highest BCUT2D eigenvalue weighted by atomic mass is 32.1. The third kappa shape index (κ3) is 5.43. The summed E-state index contributed by atoms with van der Waals surface area (Å²) >= 11 is 0. The van der Waals surface area contributed by atoms with Gasteiger partial charge in [-0.1, -0.05) is 0 Å². The quantitative estimate of drug-likeness (QED) is 0.725. The highest BCUT2D eigenvalue weighted by Crippen LogP contribution is 2.31. The Morgan fingerprint density at radius 3 is 2.79 bits per heavy atom. The van der Waals surface area contributed by atoms with Crippen molar-refractivity contribution in [3.05, 3.63) is 47.0 Å². The van der Waals surface area contributed by atoms with Gasteiger partial charge in [-0.15, -0.1) is 0 Å². The van der Waals surface area contributed by atoms with Gasteiger partial charge < -0.3 is 9.47 Å². The van der Waals surface area contributed by atoms with Gasteiger partial charge in [0, 0.05) is 48.2 Å². The van der Waals surface area contributed by atoms with Gasteiger partial charge in [0.2, 0.25) is 0 Å². The first-order valence-corrected chi connectivity index (χ1v) is 10.5. The van der Waals surface area contributed by atoms with Crippen LogP contribution < -0.4 is 9.47 Å². The molecule has 2 aromatic rings. The van der Waals surface area contributed by atoms with E-state index in [1.54, 1.807) is 0 Å². The second-order valence-electron chi connectivity index (χ2n) is 8.24. The molecule has 0 amide bonds. The number of nitrogens with zero attached hydrogens (tertiary/aromatic N) is 3. The van der Waals surface area contributed by atoms with Gasteiger partial charge >= 0.3 is 0 Å². The average molecular weight is 416 g/mol. The Hall–Kier alpha value is -1.79. The first kappa shape index (κ1) is 21.9. The maximum atomic E-state index is 6.12. The van der Waals surface area contributed by atoms with Crippen molar-refractivity contribution in [3.8, 4) is 11.5 Å². The lowest BCUT2D eigenvalue weighted by atomic mass is 9.96. The smallest absolute Gasteiger partial charge is 0.141 e. The maximum absolute atomic E-state index is 6.12. The predicted molar refractivity (Wildman–Crippen MR) is 120 cm³/mol. The fourth-order valence-electron chi connectivity index (χ4n) is 4.34. The highest BCUT2D eigenvalue weighted by Gasteiger charge is 2.26. The summed E-state index contributed by atoms with van der Waals surface area (Å²) in [5.74, 6) is 2.47. The van der Waals surface area contributed by atoms with Crippen molar-refractivity contribution in [2.45, 2.75) is 52.5 Å². The van der Waals surface area contributed by atoms with Gasteiger partial charge in [0.25, 0.3) is 0 Å². The minimum absolute atomic E-state index is 0. The minimum Gasteiger partial charge on any atom is -0.493 e. The minimum atomic E-state index is 0. The van der Waals surface area contributed by atoms with Gasteiger partial charge in [-0.2, -0.15) is 13.5 Å². The van der Waals surface area contributed by atoms with Crippen molar-refractivity contribution < 1.29 is 9.47 Å². The molecule has 0 N–H and O–H groups in total. The van der Waals surface area contributed by atoms with E-state index in [1.807, 2.05) is 32.2 Å². The van der Waals surface area contributed by atoms with E-state index < -0.39 is 0 Å². The average Bonchev–Trinajstić information content (AvgIpc) is 2.71. The van der Waals surface area contributed by atoms with Gasteiger partial charge in [0.05, 0.1) is 18.9 Å². The zero-order valence-electron chi connectivity index (χ0n) is 17.8. The molecule has 6 heteroatoms. The monoisotopic (exact) mass is 415 g/mol. The maximum Gasteiger partial charge on any atom is 0.141 e. The number of piperidine rings is 1. The van der Waals surface area contributed by atoms with Crippen LogP contribution in [-0.4, -0.2) is 41.2 Å². The molecule has 2 aromatic heterocycles. The molecule has 1 unspecified atom stereocenters. The van der Waals surface area contributed by atoms with E-state index in [4.69, 9.17) is 9.47 Å². The van der Waals surface area contributed by atoms with E-state index in [0.29, 0.717) is 12.0 Å². The largest absolute Gasteiger partial charge is 0.493 e. The molecule has 0 spiro atoms. The number of fused-ring (bicyclic) bond motifs is 1. The second-order valence-corrected chi connectivity index (χ2v) is 8.24. The Bertz CT molecular complexity index is 810. The predicted octanol–water partition coefficient (Wildman–Crippen LogP) is 4.38. The number of aromatic nitrogens is 2. The molecule has 0 radical (unpaired) electrons. The molecule has 29 heavy (non-hydrogen) atoms. The van der Waals surface area contributed by atoms with Crippen LogP contribution in [0.15, 0.2) is 24.4 Å². The van der Waals surface area contributed by atoms with E-state index in [1.165, 1.54) is 18.4 Å². The number of hydrogen-bond acceptors (Lipinski definition) is 5. The molecule has 158 valence electrons. The molecule has 4 rings (SSSR count). The summed E-state index contributed by atoms with van der Waals surface area (Å²) in [5.41, 5.74) is 4.38. The van der Waals surface area contributed by atoms with Crippen molar-refractivity contribution >= 4 is 13.5 Å². The van der Waals surface area contributed by atoms with Gasteiger partial charge in [0.1, 0.15) is 11.5 Å². The SMILES string of the molecule is Cc1cc(OC[C@H]2CCCN(C(C)c3cnc4c(c3)OCCC4)C2)cc(C)n1.S. The Kier molecular flexibility index (Phi) is 7.41. The molecule has 2 aliphatic rings. The molecule has 1 fully saturated rings. The van der Waals surface area contributed by atoms with Gasteiger partial charge in [-0.05, 0) is 64.6 Å². The number of hydrogen-bond donors (Lipinski definition) is 0. The molecule has 0 aliphatic carbocycles. The highest BCUT2D eigenvalue weighted by molar-refractivity contribution is 7.59. The van der Waals surface area contributed by atoms with Crippen LogP contribution in [0.4, 0.5) is 0 Å². The summed E-state index contributed by atoms with van der Waals surface area (Å²) in [6, 6.07) is 6.59. The number of likely N-dealkylation sites (tertiary alicyclic amines) is 1. The fraction of sp³-hybridized carbons (Fsp3) is 0.565. The Labute approximate surface area is 181 Å². The molecule has 2 atom stereocenters. The zero-order valence-corrected chi connectivity index (χ0v) is 18.8. The summed E-state index contributed by atoms with van der Waals surface area (Å²) in [5, 5.41) is 0. The molecule has 5 nitrogen and oxygen atoms in total. The van der Waals surface area contributed by atoms with Crippen LogP contribution in [0, 0.1) is 19.8 Å². The van der Waals surface area contributed by atoms with Crippen LogP contribution in [0.3, 0.4) is 0 Å². The summed E-state index contributed by atoms with van der Waals surface area (Å²) < 4.78 is 11.9. The van der Waals surface area contributed by atoms with E-state index in [2.05, 4.69) is 27.9 Å². The van der Waals surface area contributed by atoms with E-state index in [-0.39, 0.29) is 13.5 Å². The molecule has 0 bridgehead atoms. The van der Waals surface area contributed by atoms with Crippen LogP contribution in [0.25, 0.3) is 0 Å². The number of ether oxygens (including phenoxy) is 2. The summed E-state index contributed by atoms with van der Waals surface area (Å²) in [7, 11) is 0. The van der Waals surface area contributed by atoms with Gasteiger partial charge in [-0.25, -0.2) is 0 Å². The first-order valence-electron chi connectivity index (χ1n) is 10.5. The standard InChI is InChI=1S/C23H31N3O2.H2S/c1-16-10-21(11-17(2)25-16)28-15-19-6-4-8-26(14-19)18(3)20-12-23-22(24-13-20)7-5-9-27-23;/h10-13,18-19H,4-9,14-15H2,1-3H3;1H2/t18?,19-;/m0./s1. The van der Waals surface area contributed by atoms with E-state index in [9.17, 15) is 0 Å².